The number of nitrogens with zero attached hydrogens (tertiary/aromatic N) is 2. The first-order valence-electron chi connectivity index (χ1n) is 6.52. The second kappa shape index (κ2) is 6.55. The summed E-state index contributed by atoms with van der Waals surface area (Å²) in [6, 6.07) is 4.25. The number of ether oxygens (including phenoxy) is 1. The van der Waals surface area contributed by atoms with Crippen molar-refractivity contribution in [3.05, 3.63) is 45.9 Å². The molecule has 0 fully saturated rings. The fourth-order valence-corrected chi connectivity index (χ4v) is 2.63. The number of nitrogens with one attached hydrogen (secondary N) is 1. The molecule has 21 heavy (non-hydrogen) atoms. The molecule has 0 aliphatic rings. The van der Waals surface area contributed by atoms with Crippen molar-refractivity contribution < 1.29 is 9.13 Å². The van der Waals surface area contributed by atoms with Crippen molar-refractivity contribution in [3.8, 4) is 5.75 Å². The van der Waals surface area contributed by atoms with Gasteiger partial charge in [-0.1, -0.05) is 15.9 Å². The monoisotopic (exact) mass is 356 g/mol. The lowest BCUT2D eigenvalue weighted by atomic mass is 10.0. The number of aromatic nitrogens is 2. The molecule has 114 valence electrons. The van der Waals surface area contributed by atoms with Gasteiger partial charge in [-0.2, -0.15) is 5.10 Å². The molecule has 5 nitrogen and oxygen atoms in total. The topological polar surface area (TPSA) is 65.1 Å². The molecule has 0 saturated heterocycles. The molecule has 1 aromatic heterocycles. The average molecular weight is 357 g/mol. The van der Waals surface area contributed by atoms with Crippen molar-refractivity contribution in [2.45, 2.75) is 25.9 Å². The Morgan fingerprint density at radius 2 is 2.14 bits per heavy atom. The Balaban J connectivity index is 2.61. The molecule has 2 rings (SSSR count). The molecular weight excluding hydrogens is 339 g/mol. The smallest absolute Gasteiger partial charge is 0.161 e. The van der Waals surface area contributed by atoms with Crippen molar-refractivity contribution in [1.29, 1.82) is 0 Å². The van der Waals surface area contributed by atoms with Crippen LogP contribution < -0.4 is 16.0 Å². The highest BCUT2D eigenvalue weighted by molar-refractivity contribution is 9.10. The van der Waals surface area contributed by atoms with Crippen LogP contribution in [0.1, 0.15) is 37.2 Å². The Bertz CT molecular complexity index is 629. The van der Waals surface area contributed by atoms with Gasteiger partial charge in [0.2, 0.25) is 0 Å². The summed E-state index contributed by atoms with van der Waals surface area (Å²) in [6.07, 6.45) is 1.61. The van der Waals surface area contributed by atoms with Crippen LogP contribution in [-0.4, -0.2) is 16.9 Å². The number of rotatable bonds is 5. The highest BCUT2D eigenvalue weighted by atomic mass is 79.9. The second-order valence-electron chi connectivity index (χ2n) is 4.90. The predicted octanol–water partition coefficient (Wildman–Crippen LogP) is 2.93. The minimum Gasteiger partial charge on any atom is -0.493 e. The average Bonchev–Trinajstić information content (AvgIpc) is 2.87. The first kappa shape index (κ1) is 15.9. The van der Waals surface area contributed by atoms with Gasteiger partial charge < -0.3 is 4.74 Å². The number of hydrogen-bond acceptors (Lipinski definition) is 4. The van der Waals surface area contributed by atoms with Gasteiger partial charge in [-0.15, -0.1) is 0 Å². The van der Waals surface area contributed by atoms with Gasteiger partial charge in [-0.25, -0.2) is 9.82 Å². The van der Waals surface area contributed by atoms with Crippen LogP contribution in [0.15, 0.2) is 28.9 Å². The van der Waals surface area contributed by atoms with Crippen LogP contribution in [0.5, 0.6) is 5.75 Å². The van der Waals surface area contributed by atoms with E-state index < -0.39 is 6.04 Å². The third-order valence-electron chi connectivity index (χ3n) is 3.22. The predicted molar refractivity (Wildman–Crippen MR) is 82.4 cm³/mol. The van der Waals surface area contributed by atoms with Crippen LogP contribution in [0.3, 0.4) is 0 Å². The Kier molecular flexibility index (Phi) is 4.97. The van der Waals surface area contributed by atoms with E-state index in [1.807, 2.05) is 13.8 Å². The van der Waals surface area contributed by atoms with Crippen LogP contribution >= 0.6 is 15.9 Å². The number of halogens is 2. The van der Waals surface area contributed by atoms with E-state index >= 15 is 0 Å². The molecule has 3 N–H and O–H groups in total. The van der Waals surface area contributed by atoms with Crippen molar-refractivity contribution in [3.63, 3.8) is 0 Å². The van der Waals surface area contributed by atoms with Gasteiger partial charge in [-0.05, 0) is 32.0 Å². The minimum absolute atomic E-state index is 0.0926. The third kappa shape index (κ3) is 3.09. The Morgan fingerprint density at radius 3 is 2.71 bits per heavy atom. The lowest BCUT2D eigenvalue weighted by Gasteiger charge is -2.21. The molecule has 1 unspecified atom stereocenters. The fourth-order valence-electron chi connectivity index (χ4n) is 2.25. The van der Waals surface area contributed by atoms with Gasteiger partial charge in [0.1, 0.15) is 11.5 Å². The van der Waals surface area contributed by atoms with Gasteiger partial charge in [0.25, 0.3) is 0 Å². The summed E-state index contributed by atoms with van der Waals surface area (Å²) in [5.74, 6) is 5.89. The first-order valence-corrected chi connectivity index (χ1v) is 7.31. The number of hydrogen-bond donors (Lipinski definition) is 2. The highest BCUT2D eigenvalue weighted by Gasteiger charge is 2.26. The molecule has 0 amide bonds. The summed E-state index contributed by atoms with van der Waals surface area (Å²) in [5, 5.41) is 4.29. The van der Waals surface area contributed by atoms with E-state index in [2.05, 4.69) is 26.5 Å². The molecule has 0 radical (unpaired) electrons. The maximum atomic E-state index is 14.2. The first-order chi connectivity index (χ1) is 9.99. The molecule has 1 heterocycles. The van der Waals surface area contributed by atoms with Gasteiger partial charge >= 0.3 is 0 Å². The zero-order valence-electron chi connectivity index (χ0n) is 12.1. The zero-order chi connectivity index (χ0) is 15.6. The van der Waals surface area contributed by atoms with E-state index in [1.54, 1.807) is 30.1 Å². The summed E-state index contributed by atoms with van der Waals surface area (Å²) >= 11 is 3.35. The second-order valence-corrected chi connectivity index (χ2v) is 5.82. The normalized spacial score (nSPS) is 12.7. The minimum atomic E-state index is -0.567. The molecule has 0 aliphatic heterocycles. The zero-order valence-corrected chi connectivity index (χ0v) is 13.7. The van der Waals surface area contributed by atoms with E-state index in [0.29, 0.717) is 17.0 Å². The molecule has 7 heteroatoms. The van der Waals surface area contributed by atoms with Crippen LogP contribution in [0.4, 0.5) is 4.39 Å². The standard InChI is InChI=1S/C14H18BrFN4O/c1-8(2)20-14(12(21-3)7-18-20)13(19-17)10-6-9(15)4-5-11(10)16/h4-8,13,19H,17H2,1-3H3. The molecule has 1 aromatic carbocycles. The maximum absolute atomic E-state index is 14.2. The quantitative estimate of drug-likeness (QED) is 0.638. The van der Waals surface area contributed by atoms with Crippen molar-refractivity contribution in [1.82, 2.24) is 15.2 Å². The number of nitrogens with two attached hydrogens (primary N) is 1. The molecule has 0 spiro atoms. The lowest BCUT2D eigenvalue weighted by Crippen LogP contribution is -2.32. The third-order valence-corrected chi connectivity index (χ3v) is 3.71. The van der Waals surface area contributed by atoms with E-state index in [4.69, 9.17) is 10.6 Å². The molecule has 2 aromatic rings. The van der Waals surface area contributed by atoms with Crippen LogP contribution in [-0.2, 0) is 0 Å². The maximum Gasteiger partial charge on any atom is 0.161 e. The van der Waals surface area contributed by atoms with Gasteiger partial charge in [0.15, 0.2) is 5.75 Å². The van der Waals surface area contributed by atoms with E-state index in [0.717, 1.165) is 4.47 Å². The van der Waals surface area contributed by atoms with Gasteiger partial charge in [0.05, 0.1) is 19.3 Å². The Morgan fingerprint density at radius 1 is 1.43 bits per heavy atom. The number of benzene rings is 1. The largest absolute Gasteiger partial charge is 0.493 e. The van der Waals surface area contributed by atoms with Crippen molar-refractivity contribution in [2.75, 3.05) is 7.11 Å². The summed E-state index contributed by atoms with van der Waals surface area (Å²) in [7, 11) is 1.55. The van der Waals surface area contributed by atoms with Crippen LogP contribution in [0, 0.1) is 5.82 Å². The lowest BCUT2D eigenvalue weighted by molar-refractivity contribution is 0.392. The SMILES string of the molecule is COc1cnn(C(C)C)c1C(NN)c1cc(Br)ccc1F. The summed E-state index contributed by atoms with van der Waals surface area (Å²) in [6.45, 7) is 3.97. The Hall–Kier alpha value is -1.44. The fraction of sp³-hybridized carbons (Fsp3) is 0.357. The van der Waals surface area contributed by atoms with Gasteiger partial charge in [-0.3, -0.25) is 10.5 Å². The molecule has 0 saturated carbocycles. The number of methoxy groups -OCH3 is 1. The van der Waals surface area contributed by atoms with Crippen molar-refractivity contribution >= 4 is 15.9 Å². The van der Waals surface area contributed by atoms with Gasteiger partial charge in [0, 0.05) is 16.1 Å². The summed E-state index contributed by atoms with van der Waals surface area (Å²) < 4.78 is 22.1. The van der Waals surface area contributed by atoms with E-state index in [9.17, 15) is 4.39 Å². The van der Waals surface area contributed by atoms with Crippen LogP contribution in [0.25, 0.3) is 0 Å². The number of hydrazine groups is 1. The Labute approximate surface area is 131 Å². The van der Waals surface area contributed by atoms with Crippen molar-refractivity contribution in [2.24, 2.45) is 5.84 Å². The van der Waals surface area contributed by atoms with Crippen LogP contribution in [0.2, 0.25) is 0 Å². The highest BCUT2D eigenvalue weighted by Crippen LogP contribution is 2.33. The molecule has 0 bridgehead atoms. The summed E-state index contributed by atoms with van der Waals surface area (Å²) in [4.78, 5) is 0. The summed E-state index contributed by atoms with van der Waals surface area (Å²) in [5.41, 5.74) is 3.77. The van der Waals surface area contributed by atoms with E-state index in [1.165, 1.54) is 6.07 Å². The molecule has 1 atom stereocenters. The van der Waals surface area contributed by atoms with E-state index in [-0.39, 0.29) is 11.9 Å². The molecular formula is C14H18BrFN4O. The molecule has 0 aliphatic carbocycles.